The fourth-order valence-electron chi connectivity index (χ4n) is 4.52. The summed E-state index contributed by atoms with van der Waals surface area (Å²) in [5.74, 6) is 1.82. The number of thioether (sulfide) groups is 2. The average Bonchev–Trinajstić information content (AvgIpc) is 2.91. The van der Waals surface area contributed by atoms with Crippen LogP contribution in [0, 0.1) is 0 Å². The van der Waals surface area contributed by atoms with Gasteiger partial charge in [0.2, 0.25) is 0 Å². The van der Waals surface area contributed by atoms with E-state index >= 15 is 0 Å². The van der Waals surface area contributed by atoms with Crippen LogP contribution in [0.25, 0.3) is 0 Å². The summed E-state index contributed by atoms with van der Waals surface area (Å²) < 4.78 is -0.257. The van der Waals surface area contributed by atoms with Crippen LogP contribution in [-0.4, -0.2) is 72.6 Å². The molecule has 224 valence electrons. The van der Waals surface area contributed by atoms with Crippen molar-refractivity contribution in [2.24, 2.45) is 0 Å². The fourth-order valence-corrected chi connectivity index (χ4v) is 7.41. The highest BCUT2D eigenvalue weighted by Crippen LogP contribution is 2.31. The molecule has 0 aliphatic carbocycles. The van der Waals surface area contributed by atoms with Gasteiger partial charge in [-0.3, -0.25) is 0 Å². The molecule has 0 bridgehead atoms. The fraction of sp³-hybridized carbons (Fsp3) is 1.00. The second kappa shape index (κ2) is 28.0. The summed E-state index contributed by atoms with van der Waals surface area (Å²) in [6.07, 6.45) is 20.0. The van der Waals surface area contributed by atoms with E-state index in [-0.39, 0.29) is 4.58 Å². The zero-order valence-corrected chi connectivity index (χ0v) is 25.8. The molecule has 0 amide bonds. The van der Waals surface area contributed by atoms with Gasteiger partial charge < -0.3 is 25.5 Å². The van der Waals surface area contributed by atoms with E-state index in [4.69, 9.17) is 5.11 Å². The van der Waals surface area contributed by atoms with Crippen molar-refractivity contribution in [2.75, 3.05) is 18.1 Å². The molecule has 0 aromatic carbocycles. The van der Waals surface area contributed by atoms with Gasteiger partial charge in [-0.2, -0.15) is 0 Å². The molecular weight excluding hydrogens is 504 g/mol. The maximum absolute atomic E-state index is 10.8. The Hall–Kier alpha value is 0.500. The molecule has 0 rings (SSSR count). The van der Waals surface area contributed by atoms with Crippen molar-refractivity contribution in [3.63, 3.8) is 0 Å². The van der Waals surface area contributed by atoms with Gasteiger partial charge in [-0.15, -0.1) is 23.5 Å². The Morgan fingerprint density at radius 2 is 0.757 bits per heavy atom. The average molecular weight is 567 g/mol. The van der Waals surface area contributed by atoms with Crippen LogP contribution >= 0.6 is 23.5 Å². The minimum absolute atomic E-state index is 0.257. The summed E-state index contributed by atoms with van der Waals surface area (Å²) in [6.45, 7) is 3.85. The molecule has 0 aromatic heterocycles. The first-order chi connectivity index (χ1) is 18.0. The molecule has 0 aliphatic rings. The van der Waals surface area contributed by atoms with Crippen LogP contribution in [0.4, 0.5) is 0 Å². The Kier molecular flexibility index (Phi) is 28.4. The highest BCUT2D eigenvalue weighted by Gasteiger charge is 2.35. The van der Waals surface area contributed by atoms with Gasteiger partial charge in [0, 0.05) is 0 Å². The van der Waals surface area contributed by atoms with Gasteiger partial charge in [-0.05, 0) is 24.3 Å². The molecule has 0 fully saturated rings. The van der Waals surface area contributed by atoms with Crippen LogP contribution in [0.1, 0.15) is 142 Å². The van der Waals surface area contributed by atoms with Crippen LogP contribution in [0.3, 0.4) is 0 Å². The number of aliphatic hydroxyl groups is 5. The highest BCUT2D eigenvalue weighted by molar-refractivity contribution is 8.17. The summed E-state index contributed by atoms with van der Waals surface area (Å²) in [7, 11) is 0. The molecule has 7 heteroatoms. The van der Waals surface area contributed by atoms with Crippen LogP contribution < -0.4 is 0 Å². The van der Waals surface area contributed by atoms with Gasteiger partial charge >= 0.3 is 0 Å². The molecule has 0 aromatic rings. The third kappa shape index (κ3) is 21.9. The summed E-state index contributed by atoms with van der Waals surface area (Å²) in [5, 5.41) is 50.1. The van der Waals surface area contributed by atoms with Gasteiger partial charge in [-0.25, -0.2) is 0 Å². The van der Waals surface area contributed by atoms with Gasteiger partial charge in [0.25, 0.3) is 0 Å². The van der Waals surface area contributed by atoms with Gasteiger partial charge in [0.1, 0.15) is 24.4 Å². The number of hydrogen-bond donors (Lipinski definition) is 5. The summed E-state index contributed by atoms with van der Waals surface area (Å²) in [5.41, 5.74) is 0. The lowest BCUT2D eigenvalue weighted by atomic mass is 10.0. The maximum atomic E-state index is 10.8. The lowest BCUT2D eigenvalue weighted by Gasteiger charge is -2.30. The minimum Gasteiger partial charge on any atom is -0.394 e. The first-order valence-corrected chi connectivity index (χ1v) is 17.7. The molecule has 4 unspecified atom stereocenters. The van der Waals surface area contributed by atoms with Crippen LogP contribution in [-0.2, 0) is 0 Å². The van der Waals surface area contributed by atoms with Crippen molar-refractivity contribution in [2.45, 2.75) is 171 Å². The van der Waals surface area contributed by atoms with Crippen molar-refractivity contribution < 1.29 is 25.5 Å². The van der Waals surface area contributed by atoms with Gasteiger partial charge in [-0.1, -0.05) is 129 Å². The van der Waals surface area contributed by atoms with Gasteiger partial charge in [0.15, 0.2) is 0 Å². The molecule has 0 heterocycles. The largest absolute Gasteiger partial charge is 0.394 e. The van der Waals surface area contributed by atoms with E-state index < -0.39 is 31.0 Å². The summed E-state index contributed by atoms with van der Waals surface area (Å²) in [4.78, 5) is 0. The Bertz CT molecular complexity index is 432. The maximum Gasteiger partial charge on any atom is 0.111 e. The van der Waals surface area contributed by atoms with E-state index in [1.54, 1.807) is 23.5 Å². The van der Waals surface area contributed by atoms with E-state index in [0.717, 1.165) is 24.3 Å². The Labute approximate surface area is 238 Å². The minimum atomic E-state index is -1.56. The monoisotopic (exact) mass is 566 g/mol. The summed E-state index contributed by atoms with van der Waals surface area (Å²) in [6, 6.07) is 0. The third-order valence-electron chi connectivity index (χ3n) is 7.12. The lowest BCUT2D eigenvalue weighted by Crippen LogP contribution is -2.48. The predicted octanol–water partition coefficient (Wildman–Crippen LogP) is 7.06. The van der Waals surface area contributed by atoms with Crippen molar-refractivity contribution >= 4 is 23.5 Å². The SMILES string of the molecule is CCCCCCCCCCCCSC(SCCCCCCCCCCCC)C(O)C(O)C(O)C(O)CO. The molecule has 4 atom stereocenters. The molecule has 0 spiro atoms. The molecule has 0 radical (unpaired) electrons. The van der Waals surface area contributed by atoms with E-state index in [2.05, 4.69) is 13.8 Å². The predicted molar refractivity (Wildman–Crippen MR) is 164 cm³/mol. The molecule has 5 N–H and O–H groups in total. The number of aliphatic hydroxyl groups excluding tert-OH is 5. The zero-order chi connectivity index (χ0) is 27.6. The molecular formula is C30H62O5S2. The Balaban J connectivity index is 4.24. The second-order valence-corrected chi connectivity index (χ2v) is 13.5. The molecule has 5 nitrogen and oxygen atoms in total. The Morgan fingerprint density at radius 1 is 0.432 bits per heavy atom. The van der Waals surface area contributed by atoms with E-state index in [0.29, 0.717) is 0 Å². The quantitative estimate of drug-likeness (QED) is 0.0488. The second-order valence-electron chi connectivity index (χ2n) is 10.7. The third-order valence-corrected chi connectivity index (χ3v) is 10.2. The van der Waals surface area contributed by atoms with E-state index in [9.17, 15) is 20.4 Å². The lowest BCUT2D eigenvalue weighted by molar-refractivity contribution is -0.111. The molecule has 0 saturated carbocycles. The Morgan fingerprint density at radius 3 is 1.08 bits per heavy atom. The van der Waals surface area contributed by atoms with Crippen LogP contribution in [0.2, 0.25) is 0 Å². The first kappa shape index (κ1) is 37.5. The smallest absolute Gasteiger partial charge is 0.111 e. The molecule has 0 aliphatic heterocycles. The number of hydrogen-bond acceptors (Lipinski definition) is 7. The topological polar surface area (TPSA) is 101 Å². The van der Waals surface area contributed by atoms with Crippen molar-refractivity contribution in [1.29, 1.82) is 0 Å². The molecule has 0 saturated heterocycles. The molecule has 37 heavy (non-hydrogen) atoms. The first-order valence-electron chi connectivity index (χ1n) is 15.6. The summed E-state index contributed by atoms with van der Waals surface area (Å²) >= 11 is 3.30. The van der Waals surface area contributed by atoms with Crippen molar-refractivity contribution in [3.05, 3.63) is 0 Å². The van der Waals surface area contributed by atoms with E-state index in [1.807, 2.05) is 0 Å². The van der Waals surface area contributed by atoms with Crippen LogP contribution in [0.5, 0.6) is 0 Å². The van der Waals surface area contributed by atoms with E-state index in [1.165, 1.54) is 116 Å². The van der Waals surface area contributed by atoms with Gasteiger partial charge in [0.05, 0.1) is 11.2 Å². The standard InChI is InChI=1S/C30H62O5S2/c1-3-5-7-9-11-13-15-17-19-21-23-36-30(29(35)28(34)27(33)26(32)25-31)37-24-22-20-18-16-14-12-10-8-6-4-2/h26-35H,3-25H2,1-2H3. The number of rotatable bonds is 29. The van der Waals surface area contributed by atoms with Crippen molar-refractivity contribution in [3.8, 4) is 0 Å². The highest BCUT2D eigenvalue weighted by atomic mass is 32.2. The van der Waals surface area contributed by atoms with Crippen molar-refractivity contribution in [1.82, 2.24) is 0 Å². The normalized spacial score (nSPS) is 15.2. The van der Waals surface area contributed by atoms with Crippen LogP contribution in [0.15, 0.2) is 0 Å². The zero-order valence-electron chi connectivity index (χ0n) is 24.2. The number of unbranched alkanes of at least 4 members (excludes halogenated alkanes) is 18.